The van der Waals surface area contributed by atoms with Gasteiger partial charge in [0, 0.05) is 6.54 Å². The van der Waals surface area contributed by atoms with Crippen LogP contribution < -0.4 is 5.32 Å². The van der Waals surface area contributed by atoms with Gasteiger partial charge in [-0.3, -0.25) is 5.32 Å². The Kier molecular flexibility index (Phi) is 2.06. The van der Waals surface area contributed by atoms with Crippen molar-refractivity contribution < 1.29 is 9.13 Å². The molecule has 0 aliphatic carbocycles. The van der Waals surface area contributed by atoms with Crippen LogP contribution in [-0.2, 0) is 4.74 Å². The van der Waals surface area contributed by atoms with Crippen LogP contribution in [0.5, 0.6) is 0 Å². The lowest BCUT2D eigenvalue weighted by atomic mass is 10.2. The van der Waals surface area contributed by atoms with Crippen molar-refractivity contribution >= 4 is 0 Å². The summed E-state index contributed by atoms with van der Waals surface area (Å²) < 4.78 is 18.1. The molecule has 1 unspecified atom stereocenters. The summed E-state index contributed by atoms with van der Waals surface area (Å²) in [6.45, 7) is 1.53. The van der Waals surface area contributed by atoms with E-state index in [1.807, 2.05) is 6.07 Å². The van der Waals surface area contributed by atoms with Gasteiger partial charge in [-0.1, -0.05) is 12.1 Å². The molecule has 2 nitrogen and oxygen atoms in total. The van der Waals surface area contributed by atoms with Crippen LogP contribution in [0, 0.1) is 5.82 Å². The van der Waals surface area contributed by atoms with Crippen LogP contribution >= 0.6 is 0 Å². The molecule has 1 aliphatic heterocycles. The van der Waals surface area contributed by atoms with Crippen molar-refractivity contribution in [1.29, 1.82) is 0 Å². The molecule has 1 aromatic rings. The number of benzene rings is 1. The van der Waals surface area contributed by atoms with E-state index < -0.39 is 0 Å². The van der Waals surface area contributed by atoms with Gasteiger partial charge in [0.1, 0.15) is 12.0 Å². The Bertz CT molecular complexity index is 271. The summed E-state index contributed by atoms with van der Waals surface area (Å²) in [5, 5.41) is 3.11. The van der Waals surface area contributed by atoms with E-state index in [2.05, 4.69) is 5.32 Å². The van der Waals surface area contributed by atoms with Crippen molar-refractivity contribution in [2.45, 2.75) is 6.23 Å². The van der Waals surface area contributed by atoms with Crippen molar-refractivity contribution in [2.24, 2.45) is 0 Å². The van der Waals surface area contributed by atoms with Crippen LogP contribution in [0.4, 0.5) is 4.39 Å². The van der Waals surface area contributed by atoms with Gasteiger partial charge in [0.15, 0.2) is 0 Å². The zero-order chi connectivity index (χ0) is 8.39. The van der Waals surface area contributed by atoms with Gasteiger partial charge >= 0.3 is 0 Å². The Morgan fingerprint density at radius 1 is 1.50 bits per heavy atom. The molecule has 0 spiro atoms. The normalized spacial score (nSPS) is 22.9. The van der Waals surface area contributed by atoms with Crippen molar-refractivity contribution in [2.75, 3.05) is 13.2 Å². The first-order valence-corrected chi connectivity index (χ1v) is 3.97. The molecule has 12 heavy (non-hydrogen) atoms. The third kappa shape index (κ3) is 1.47. The maximum absolute atomic E-state index is 12.7. The average Bonchev–Trinajstić information content (AvgIpc) is 2.56. The number of hydrogen-bond donors (Lipinski definition) is 1. The molecule has 1 N–H and O–H groups in total. The molecule has 3 heteroatoms. The zero-order valence-corrected chi connectivity index (χ0v) is 6.59. The molecular weight excluding hydrogens is 157 g/mol. The molecule has 1 aliphatic rings. The standard InChI is InChI=1S/C9H10FNO/c10-8-3-1-2-7(6-8)9-11-4-5-12-9/h1-3,6,9,11H,4-5H2. The topological polar surface area (TPSA) is 21.3 Å². The monoisotopic (exact) mass is 167 g/mol. The van der Waals surface area contributed by atoms with Gasteiger partial charge in [-0.2, -0.15) is 0 Å². The van der Waals surface area contributed by atoms with Crippen LogP contribution in [0.1, 0.15) is 11.8 Å². The minimum absolute atomic E-state index is 0.124. The van der Waals surface area contributed by atoms with E-state index in [4.69, 9.17) is 4.74 Å². The average molecular weight is 167 g/mol. The summed E-state index contributed by atoms with van der Waals surface area (Å²) in [4.78, 5) is 0. The van der Waals surface area contributed by atoms with E-state index in [1.54, 1.807) is 6.07 Å². The quantitative estimate of drug-likeness (QED) is 0.683. The maximum atomic E-state index is 12.7. The second kappa shape index (κ2) is 3.21. The Morgan fingerprint density at radius 2 is 2.42 bits per heavy atom. The number of ether oxygens (including phenoxy) is 1. The van der Waals surface area contributed by atoms with Crippen LogP contribution in [0.3, 0.4) is 0 Å². The minimum Gasteiger partial charge on any atom is -0.358 e. The molecule has 0 saturated carbocycles. The first kappa shape index (κ1) is 7.71. The van der Waals surface area contributed by atoms with Crippen molar-refractivity contribution in [3.05, 3.63) is 35.6 Å². The lowest BCUT2D eigenvalue weighted by Gasteiger charge is -2.09. The van der Waals surface area contributed by atoms with Gasteiger partial charge in [0.25, 0.3) is 0 Å². The Hall–Kier alpha value is -0.930. The summed E-state index contributed by atoms with van der Waals surface area (Å²) in [5.41, 5.74) is 0.854. The predicted molar refractivity (Wildman–Crippen MR) is 43.1 cm³/mol. The largest absolute Gasteiger partial charge is 0.358 e. The summed E-state index contributed by atoms with van der Waals surface area (Å²) in [5.74, 6) is -0.218. The number of halogens is 1. The summed E-state index contributed by atoms with van der Waals surface area (Å²) >= 11 is 0. The second-order valence-electron chi connectivity index (χ2n) is 2.76. The summed E-state index contributed by atoms with van der Waals surface area (Å²) in [6, 6.07) is 6.46. The zero-order valence-electron chi connectivity index (χ0n) is 6.59. The fourth-order valence-electron chi connectivity index (χ4n) is 1.31. The fourth-order valence-corrected chi connectivity index (χ4v) is 1.31. The number of hydrogen-bond acceptors (Lipinski definition) is 2. The van der Waals surface area contributed by atoms with Crippen LogP contribution in [-0.4, -0.2) is 13.2 Å². The van der Waals surface area contributed by atoms with Crippen LogP contribution in [0.25, 0.3) is 0 Å². The molecule has 0 amide bonds. The summed E-state index contributed by atoms with van der Waals surface area (Å²) in [6.07, 6.45) is -0.124. The first-order chi connectivity index (χ1) is 5.86. The third-order valence-corrected chi connectivity index (χ3v) is 1.87. The minimum atomic E-state index is -0.218. The smallest absolute Gasteiger partial charge is 0.134 e. The van der Waals surface area contributed by atoms with Gasteiger partial charge in [-0.25, -0.2) is 4.39 Å². The Balaban J connectivity index is 2.21. The van der Waals surface area contributed by atoms with Gasteiger partial charge in [-0.05, 0) is 17.7 Å². The highest BCUT2D eigenvalue weighted by molar-refractivity contribution is 5.18. The predicted octanol–water partition coefficient (Wildman–Crippen LogP) is 1.44. The summed E-state index contributed by atoms with van der Waals surface area (Å²) in [7, 11) is 0. The second-order valence-corrected chi connectivity index (χ2v) is 2.76. The van der Waals surface area contributed by atoms with Gasteiger partial charge in [-0.15, -0.1) is 0 Å². The van der Waals surface area contributed by atoms with E-state index in [0.29, 0.717) is 6.61 Å². The van der Waals surface area contributed by atoms with E-state index in [1.165, 1.54) is 12.1 Å². The lowest BCUT2D eigenvalue weighted by Crippen LogP contribution is -2.13. The molecule has 2 rings (SSSR count). The van der Waals surface area contributed by atoms with E-state index in [0.717, 1.165) is 12.1 Å². The van der Waals surface area contributed by atoms with E-state index >= 15 is 0 Å². The highest BCUT2D eigenvalue weighted by Crippen LogP contribution is 2.17. The van der Waals surface area contributed by atoms with Crippen LogP contribution in [0.2, 0.25) is 0 Å². The molecular formula is C9H10FNO. The fraction of sp³-hybridized carbons (Fsp3) is 0.333. The van der Waals surface area contributed by atoms with Crippen LogP contribution in [0.15, 0.2) is 24.3 Å². The van der Waals surface area contributed by atoms with E-state index in [-0.39, 0.29) is 12.0 Å². The molecule has 0 bridgehead atoms. The SMILES string of the molecule is Fc1cccc(C2NCCO2)c1. The van der Waals surface area contributed by atoms with Gasteiger partial charge in [0.2, 0.25) is 0 Å². The number of nitrogens with one attached hydrogen (secondary N) is 1. The van der Waals surface area contributed by atoms with Crippen molar-refractivity contribution in [1.82, 2.24) is 5.32 Å². The number of rotatable bonds is 1. The van der Waals surface area contributed by atoms with Gasteiger partial charge in [0.05, 0.1) is 6.61 Å². The first-order valence-electron chi connectivity index (χ1n) is 3.97. The molecule has 0 aromatic heterocycles. The maximum Gasteiger partial charge on any atom is 0.134 e. The Labute approximate surface area is 70.3 Å². The van der Waals surface area contributed by atoms with Crippen molar-refractivity contribution in [3.8, 4) is 0 Å². The van der Waals surface area contributed by atoms with E-state index in [9.17, 15) is 4.39 Å². The highest BCUT2D eigenvalue weighted by atomic mass is 19.1. The lowest BCUT2D eigenvalue weighted by molar-refractivity contribution is 0.102. The molecule has 1 atom stereocenters. The molecule has 1 fully saturated rings. The van der Waals surface area contributed by atoms with Crippen molar-refractivity contribution in [3.63, 3.8) is 0 Å². The molecule has 1 aromatic carbocycles. The highest BCUT2D eigenvalue weighted by Gasteiger charge is 2.16. The van der Waals surface area contributed by atoms with Gasteiger partial charge < -0.3 is 4.74 Å². The Morgan fingerprint density at radius 3 is 3.08 bits per heavy atom. The third-order valence-electron chi connectivity index (χ3n) is 1.87. The molecule has 1 saturated heterocycles. The molecule has 64 valence electrons. The molecule has 1 heterocycles. The molecule has 0 radical (unpaired) electrons.